The Morgan fingerprint density at radius 1 is 0.907 bits per heavy atom. The maximum Gasteiger partial charge on any atom is 0.338 e. The summed E-state index contributed by atoms with van der Waals surface area (Å²) in [5, 5.41) is 3.63. The summed E-state index contributed by atoms with van der Waals surface area (Å²) >= 11 is 1.14. The molecule has 1 N–H and O–H groups in total. The molecular weight excluding hydrogens is 566 g/mol. The van der Waals surface area contributed by atoms with Crippen LogP contribution in [-0.4, -0.2) is 70.8 Å². The molecule has 0 atom stereocenters. The molecule has 0 bridgehead atoms. The summed E-state index contributed by atoms with van der Waals surface area (Å²) in [5.41, 5.74) is 2.35. The topological polar surface area (TPSA) is 114 Å². The predicted octanol–water partition coefficient (Wildman–Crippen LogP) is 4.04. The third-order valence-corrected chi connectivity index (χ3v) is 8.12. The molecule has 222 valence electrons. The fourth-order valence-corrected chi connectivity index (χ4v) is 5.73. The Morgan fingerprint density at radius 2 is 1.60 bits per heavy atom. The smallest absolute Gasteiger partial charge is 0.338 e. The van der Waals surface area contributed by atoms with E-state index in [2.05, 4.69) is 27.3 Å². The highest BCUT2D eigenvalue weighted by molar-refractivity contribution is 7.99. The number of hydrogen-bond acceptors (Lipinski definition) is 8. The van der Waals surface area contributed by atoms with Gasteiger partial charge in [-0.1, -0.05) is 42.1 Å². The van der Waals surface area contributed by atoms with Crippen LogP contribution >= 0.6 is 11.8 Å². The number of anilines is 2. The van der Waals surface area contributed by atoms with E-state index in [9.17, 15) is 19.2 Å². The second-order valence-corrected chi connectivity index (χ2v) is 10.9. The number of aromatic nitrogens is 2. The van der Waals surface area contributed by atoms with Crippen molar-refractivity contribution in [3.63, 3.8) is 0 Å². The highest BCUT2D eigenvalue weighted by Crippen LogP contribution is 2.20. The van der Waals surface area contributed by atoms with Crippen molar-refractivity contribution in [3.8, 4) is 0 Å². The molecule has 0 saturated carbocycles. The van der Waals surface area contributed by atoms with E-state index in [0.29, 0.717) is 40.4 Å². The monoisotopic (exact) mass is 599 g/mol. The maximum atomic E-state index is 13.4. The van der Waals surface area contributed by atoms with Crippen LogP contribution in [0.4, 0.5) is 11.4 Å². The van der Waals surface area contributed by atoms with E-state index in [1.807, 2.05) is 23.1 Å². The Balaban J connectivity index is 1.22. The molecule has 10 nitrogen and oxygen atoms in total. The number of amides is 2. The van der Waals surface area contributed by atoms with E-state index < -0.39 is 5.97 Å². The van der Waals surface area contributed by atoms with Gasteiger partial charge in [-0.2, -0.15) is 0 Å². The first-order valence-corrected chi connectivity index (χ1v) is 15.2. The van der Waals surface area contributed by atoms with E-state index in [1.165, 1.54) is 4.57 Å². The first-order valence-electron chi connectivity index (χ1n) is 14.2. The zero-order valence-corrected chi connectivity index (χ0v) is 24.7. The minimum absolute atomic E-state index is 0.000198. The van der Waals surface area contributed by atoms with Crippen LogP contribution in [0.25, 0.3) is 10.9 Å². The standard InChI is InChI=1S/C32H33N5O5S/c1-2-42-31(41)23-12-14-24(15-13-23)33-28(38)22-43-32-34-27-11-7-6-10-26(27)30(40)37(32)17-16-29(39)36-20-18-35(19-21-36)25-8-4-3-5-9-25/h3-15H,2,16-22H2,1H3,(H,33,38). The van der Waals surface area contributed by atoms with Crippen LogP contribution < -0.4 is 15.8 Å². The van der Waals surface area contributed by atoms with Gasteiger partial charge in [0, 0.05) is 50.5 Å². The summed E-state index contributed by atoms with van der Waals surface area (Å²) in [5.74, 6) is -0.744. The van der Waals surface area contributed by atoms with Gasteiger partial charge in [0.15, 0.2) is 5.16 Å². The quantitative estimate of drug-likeness (QED) is 0.165. The number of ether oxygens (including phenoxy) is 1. The van der Waals surface area contributed by atoms with Crippen LogP contribution in [0, 0.1) is 0 Å². The highest BCUT2D eigenvalue weighted by Gasteiger charge is 2.22. The average molecular weight is 600 g/mol. The Kier molecular flexibility index (Phi) is 9.73. The van der Waals surface area contributed by atoms with Crippen LogP contribution in [0.3, 0.4) is 0 Å². The lowest BCUT2D eigenvalue weighted by Gasteiger charge is -2.36. The van der Waals surface area contributed by atoms with Crippen molar-refractivity contribution >= 4 is 51.8 Å². The van der Waals surface area contributed by atoms with Gasteiger partial charge in [-0.05, 0) is 55.5 Å². The molecule has 1 saturated heterocycles. The van der Waals surface area contributed by atoms with Gasteiger partial charge in [0.25, 0.3) is 5.56 Å². The lowest BCUT2D eigenvalue weighted by atomic mass is 10.2. The van der Waals surface area contributed by atoms with Gasteiger partial charge >= 0.3 is 5.97 Å². The van der Waals surface area contributed by atoms with Gasteiger partial charge in [0.1, 0.15) is 0 Å². The average Bonchev–Trinajstić information content (AvgIpc) is 3.04. The molecule has 1 aliphatic rings. The lowest BCUT2D eigenvalue weighted by molar-refractivity contribution is -0.131. The Morgan fingerprint density at radius 3 is 2.33 bits per heavy atom. The first-order chi connectivity index (χ1) is 20.9. The van der Waals surface area contributed by atoms with Crippen molar-refractivity contribution in [3.05, 3.63) is 94.8 Å². The van der Waals surface area contributed by atoms with E-state index in [4.69, 9.17) is 4.74 Å². The molecule has 4 aromatic rings. The van der Waals surface area contributed by atoms with Crippen LogP contribution in [0.15, 0.2) is 88.8 Å². The fourth-order valence-electron chi connectivity index (χ4n) is 4.90. The summed E-state index contributed by atoms with van der Waals surface area (Å²) in [6.45, 7) is 4.89. The largest absolute Gasteiger partial charge is 0.462 e. The number of esters is 1. The number of thioether (sulfide) groups is 1. The predicted molar refractivity (Wildman–Crippen MR) is 168 cm³/mol. The molecule has 1 fully saturated rings. The van der Waals surface area contributed by atoms with Crippen molar-refractivity contribution in [2.24, 2.45) is 0 Å². The summed E-state index contributed by atoms with van der Waals surface area (Å²) in [6.07, 6.45) is 0.151. The van der Waals surface area contributed by atoms with Crippen LogP contribution in [-0.2, 0) is 20.9 Å². The van der Waals surface area contributed by atoms with Crippen LogP contribution in [0.5, 0.6) is 0 Å². The van der Waals surface area contributed by atoms with Crippen LogP contribution in [0.2, 0.25) is 0 Å². The summed E-state index contributed by atoms with van der Waals surface area (Å²) < 4.78 is 6.48. The Bertz CT molecular complexity index is 1650. The van der Waals surface area contributed by atoms with Crippen LogP contribution in [0.1, 0.15) is 23.7 Å². The SMILES string of the molecule is CCOC(=O)c1ccc(NC(=O)CSc2nc3ccccc3c(=O)n2CCC(=O)N2CCN(c3ccccc3)CC2)cc1. The number of para-hydroxylation sites is 2. The van der Waals surface area contributed by atoms with Gasteiger partial charge in [-0.15, -0.1) is 0 Å². The molecule has 1 aliphatic heterocycles. The number of carbonyl (C=O) groups excluding carboxylic acids is 3. The third-order valence-electron chi connectivity index (χ3n) is 7.14. The maximum absolute atomic E-state index is 13.4. The highest BCUT2D eigenvalue weighted by atomic mass is 32.2. The summed E-state index contributed by atoms with van der Waals surface area (Å²) in [7, 11) is 0. The van der Waals surface area contributed by atoms with Crippen molar-refractivity contribution < 1.29 is 19.1 Å². The minimum Gasteiger partial charge on any atom is -0.462 e. The van der Waals surface area contributed by atoms with Crippen molar-refractivity contribution in [1.29, 1.82) is 0 Å². The van der Waals surface area contributed by atoms with E-state index in [0.717, 1.165) is 30.5 Å². The van der Waals surface area contributed by atoms with Crippen molar-refractivity contribution in [2.75, 3.05) is 48.8 Å². The van der Waals surface area contributed by atoms with Gasteiger partial charge in [-0.3, -0.25) is 19.0 Å². The molecule has 43 heavy (non-hydrogen) atoms. The second kappa shape index (κ2) is 14.0. The number of nitrogens with one attached hydrogen (secondary N) is 1. The molecule has 11 heteroatoms. The zero-order valence-electron chi connectivity index (χ0n) is 23.9. The molecule has 2 heterocycles. The summed E-state index contributed by atoms with van der Waals surface area (Å²) in [6, 6.07) is 23.6. The number of benzene rings is 3. The van der Waals surface area contributed by atoms with E-state index >= 15 is 0 Å². The van der Waals surface area contributed by atoms with Gasteiger partial charge in [0.05, 0.1) is 28.8 Å². The fraction of sp³-hybridized carbons (Fsp3) is 0.281. The normalized spacial score (nSPS) is 13.1. The summed E-state index contributed by atoms with van der Waals surface area (Å²) in [4.78, 5) is 60.0. The number of fused-ring (bicyclic) bond motifs is 1. The Hall–Kier alpha value is -4.64. The number of rotatable bonds is 10. The van der Waals surface area contributed by atoms with E-state index in [-0.39, 0.29) is 42.7 Å². The van der Waals surface area contributed by atoms with E-state index in [1.54, 1.807) is 55.5 Å². The van der Waals surface area contributed by atoms with Gasteiger partial charge in [-0.25, -0.2) is 9.78 Å². The molecular formula is C32H33N5O5S. The molecule has 1 aromatic heterocycles. The third kappa shape index (κ3) is 7.42. The number of carbonyl (C=O) groups is 3. The molecule has 0 aliphatic carbocycles. The van der Waals surface area contributed by atoms with Crippen molar-refractivity contribution in [2.45, 2.75) is 25.0 Å². The molecule has 0 unspecified atom stereocenters. The van der Waals surface area contributed by atoms with Gasteiger partial charge < -0.3 is 19.9 Å². The van der Waals surface area contributed by atoms with Crippen molar-refractivity contribution in [1.82, 2.24) is 14.5 Å². The zero-order chi connectivity index (χ0) is 30.2. The number of piperazine rings is 1. The number of hydrogen-bond donors (Lipinski definition) is 1. The molecule has 0 spiro atoms. The molecule has 5 rings (SSSR count). The minimum atomic E-state index is -0.427. The molecule has 0 radical (unpaired) electrons. The second-order valence-electron chi connectivity index (χ2n) is 9.96. The number of nitrogens with zero attached hydrogens (tertiary/aromatic N) is 4. The lowest BCUT2D eigenvalue weighted by Crippen LogP contribution is -2.49. The Labute approximate surface area is 253 Å². The molecule has 2 amide bonds. The van der Waals surface area contributed by atoms with Gasteiger partial charge in [0.2, 0.25) is 11.8 Å². The first kappa shape index (κ1) is 29.8. The molecule has 3 aromatic carbocycles.